The molecule has 2 N–H and O–H groups in total. The molecule has 0 saturated carbocycles. The van der Waals surface area contributed by atoms with Crippen molar-refractivity contribution in [1.29, 1.82) is 0 Å². The fourth-order valence-electron chi connectivity index (χ4n) is 2.51. The zero-order chi connectivity index (χ0) is 14.5. The van der Waals surface area contributed by atoms with Crippen LogP contribution in [0.2, 0.25) is 5.02 Å². The van der Waals surface area contributed by atoms with Crippen LogP contribution in [0.3, 0.4) is 0 Å². The van der Waals surface area contributed by atoms with Gasteiger partial charge in [0.15, 0.2) is 6.61 Å². The molecule has 118 valence electrons. The number of rotatable bonds is 4. The highest BCUT2D eigenvalue weighted by molar-refractivity contribution is 6.31. The van der Waals surface area contributed by atoms with Gasteiger partial charge >= 0.3 is 0 Å². The van der Waals surface area contributed by atoms with Gasteiger partial charge in [-0.15, -0.1) is 12.4 Å². The number of aryl methyl sites for hydroxylation is 1. The Morgan fingerprint density at radius 2 is 2.24 bits per heavy atom. The summed E-state index contributed by atoms with van der Waals surface area (Å²) < 4.78 is 5.56. The third-order valence-electron chi connectivity index (χ3n) is 3.71. The van der Waals surface area contributed by atoms with Crippen LogP contribution in [0.5, 0.6) is 5.75 Å². The predicted octanol–water partition coefficient (Wildman–Crippen LogP) is 2.79. The molecule has 1 fully saturated rings. The van der Waals surface area contributed by atoms with Gasteiger partial charge < -0.3 is 15.4 Å². The lowest BCUT2D eigenvalue weighted by Gasteiger charge is -2.34. The van der Waals surface area contributed by atoms with Gasteiger partial charge in [-0.1, -0.05) is 11.6 Å². The molecule has 1 aromatic rings. The molecule has 2 rings (SSSR count). The van der Waals surface area contributed by atoms with Crippen molar-refractivity contribution in [3.8, 4) is 5.75 Å². The first kappa shape index (κ1) is 18.1. The van der Waals surface area contributed by atoms with Crippen molar-refractivity contribution >= 4 is 29.9 Å². The van der Waals surface area contributed by atoms with Gasteiger partial charge in [0.25, 0.3) is 5.91 Å². The second-order valence-electron chi connectivity index (χ2n) is 5.17. The Morgan fingerprint density at radius 3 is 2.90 bits per heavy atom. The minimum Gasteiger partial charge on any atom is -0.484 e. The first-order valence-corrected chi connectivity index (χ1v) is 7.38. The quantitative estimate of drug-likeness (QED) is 0.922. The van der Waals surface area contributed by atoms with Crippen LogP contribution in [0.4, 0.5) is 0 Å². The van der Waals surface area contributed by atoms with Crippen LogP contribution in [0.1, 0.15) is 24.8 Å². The summed E-state index contributed by atoms with van der Waals surface area (Å²) in [5.74, 6) is 0.675. The highest BCUT2D eigenvalue weighted by atomic mass is 35.5. The first-order chi connectivity index (χ1) is 9.61. The molecule has 1 unspecified atom stereocenters. The maximum atomic E-state index is 12.2. The van der Waals surface area contributed by atoms with Crippen LogP contribution < -0.4 is 10.5 Å². The average molecular weight is 333 g/mol. The number of hydrogen-bond donors (Lipinski definition) is 1. The molecule has 0 aromatic heterocycles. The monoisotopic (exact) mass is 332 g/mol. The number of halogens is 2. The Balaban J connectivity index is 0.00000220. The molecule has 1 saturated heterocycles. The largest absolute Gasteiger partial charge is 0.484 e. The van der Waals surface area contributed by atoms with Crippen molar-refractivity contribution in [1.82, 2.24) is 4.90 Å². The van der Waals surface area contributed by atoms with Gasteiger partial charge in [-0.3, -0.25) is 4.79 Å². The molecule has 0 aliphatic carbocycles. The molecule has 21 heavy (non-hydrogen) atoms. The maximum absolute atomic E-state index is 12.2. The van der Waals surface area contributed by atoms with Gasteiger partial charge in [0, 0.05) is 24.2 Å². The third-order valence-corrected chi connectivity index (χ3v) is 4.14. The Hall–Kier alpha value is -0.970. The highest BCUT2D eigenvalue weighted by Gasteiger charge is 2.25. The van der Waals surface area contributed by atoms with Crippen molar-refractivity contribution in [2.45, 2.75) is 32.2 Å². The van der Waals surface area contributed by atoms with E-state index in [4.69, 9.17) is 22.1 Å². The van der Waals surface area contributed by atoms with Crippen molar-refractivity contribution in [3.05, 3.63) is 28.8 Å². The lowest BCUT2D eigenvalue weighted by molar-refractivity contribution is -0.136. The zero-order valence-corrected chi connectivity index (χ0v) is 13.8. The first-order valence-electron chi connectivity index (χ1n) is 7.00. The fourth-order valence-corrected chi connectivity index (χ4v) is 2.63. The topological polar surface area (TPSA) is 55.6 Å². The van der Waals surface area contributed by atoms with E-state index in [1.807, 2.05) is 17.9 Å². The summed E-state index contributed by atoms with van der Waals surface area (Å²) in [7, 11) is 0. The third kappa shape index (κ3) is 4.77. The van der Waals surface area contributed by atoms with E-state index in [1.165, 1.54) is 0 Å². The highest BCUT2D eigenvalue weighted by Crippen LogP contribution is 2.21. The summed E-state index contributed by atoms with van der Waals surface area (Å²) in [4.78, 5) is 14.1. The molecule has 1 heterocycles. The Kier molecular flexibility index (Phi) is 7.29. The van der Waals surface area contributed by atoms with E-state index in [-0.39, 0.29) is 31.0 Å². The molecular weight excluding hydrogens is 311 g/mol. The Bertz CT molecular complexity index is 483. The standard InChI is InChI=1S/C15H21ClN2O2.ClH/c1-11-8-13(5-6-14(11)16)20-10-15(19)18-7-3-2-4-12(18)9-17;/h5-6,8,12H,2-4,7,9-10,17H2,1H3;1H. The van der Waals surface area contributed by atoms with E-state index in [0.29, 0.717) is 17.3 Å². The SMILES string of the molecule is Cc1cc(OCC(=O)N2CCCCC2CN)ccc1Cl.Cl. The lowest BCUT2D eigenvalue weighted by Crippen LogP contribution is -2.49. The number of piperidine rings is 1. The smallest absolute Gasteiger partial charge is 0.260 e. The molecule has 4 nitrogen and oxygen atoms in total. The van der Waals surface area contributed by atoms with Crippen molar-refractivity contribution in [2.75, 3.05) is 19.7 Å². The molecule has 6 heteroatoms. The van der Waals surface area contributed by atoms with Gasteiger partial charge in [-0.05, 0) is 49.9 Å². The minimum absolute atomic E-state index is 0. The van der Waals surface area contributed by atoms with E-state index in [9.17, 15) is 4.79 Å². The normalized spacial score (nSPS) is 18.0. The summed E-state index contributed by atoms with van der Waals surface area (Å²) in [5, 5.41) is 0.697. The molecule has 1 aliphatic rings. The van der Waals surface area contributed by atoms with Crippen molar-refractivity contribution < 1.29 is 9.53 Å². The summed E-state index contributed by atoms with van der Waals surface area (Å²) in [6.45, 7) is 3.26. The Labute approximate surface area is 137 Å². The van der Waals surface area contributed by atoms with Crippen LogP contribution in [0.15, 0.2) is 18.2 Å². The van der Waals surface area contributed by atoms with Gasteiger partial charge in [0.05, 0.1) is 0 Å². The second kappa shape index (κ2) is 8.47. The summed E-state index contributed by atoms with van der Waals surface area (Å²) in [6.07, 6.45) is 3.17. The number of nitrogens with two attached hydrogens (primary N) is 1. The predicted molar refractivity (Wildman–Crippen MR) is 87.3 cm³/mol. The summed E-state index contributed by atoms with van der Waals surface area (Å²) in [6, 6.07) is 5.55. The zero-order valence-electron chi connectivity index (χ0n) is 12.2. The number of nitrogens with zero attached hydrogens (tertiary/aromatic N) is 1. The van der Waals surface area contributed by atoms with Crippen LogP contribution in [0.25, 0.3) is 0 Å². The summed E-state index contributed by atoms with van der Waals surface area (Å²) in [5.41, 5.74) is 6.67. The molecular formula is C15H22Cl2N2O2. The molecule has 1 aliphatic heterocycles. The van der Waals surface area contributed by atoms with Crippen LogP contribution >= 0.6 is 24.0 Å². The van der Waals surface area contributed by atoms with Crippen molar-refractivity contribution in [2.24, 2.45) is 5.73 Å². The van der Waals surface area contributed by atoms with Crippen LogP contribution in [-0.2, 0) is 4.79 Å². The number of hydrogen-bond acceptors (Lipinski definition) is 3. The fraction of sp³-hybridized carbons (Fsp3) is 0.533. The number of carbonyl (C=O) groups is 1. The van der Waals surface area contributed by atoms with Gasteiger partial charge in [0.1, 0.15) is 5.75 Å². The Morgan fingerprint density at radius 1 is 1.48 bits per heavy atom. The van der Waals surface area contributed by atoms with Gasteiger partial charge in [-0.2, -0.15) is 0 Å². The maximum Gasteiger partial charge on any atom is 0.260 e. The average Bonchev–Trinajstić information content (AvgIpc) is 2.48. The van der Waals surface area contributed by atoms with Gasteiger partial charge in [-0.25, -0.2) is 0 Å². The van der Waals surface area contributed by atoms with Gasteiger partial charge in [0.2, 0.25) is 0 Å². The molecule has 0 bridgehead atoms. The molecule has 1 aromatic carbocycles. The van der Waals surface area contributed by atoms with E-state index in [1.54, 1.807) is 12.1 Å². The lowest BCUT2D eigenvalue weighted by atomic mass is 10.0. The van der Waals surface area contributed by atoms with Crippen LogP contribution in [-0.4, -0.2) is 36.5 Å². The number of benzene rings is 1. The molecule has 0 radical (unpaired) electrons. The van der Waals surface area contributed by atoms with E-state index < -0.39 is 0 Å². The summed E-state index contributed by atoms with van der Waals surface area (Å²) >= 11 is 5.96. The minimum atomic E-state index is 0. The van der Waals surface area contributed by atoms with E-state index in [2.05, 4.69) is 0 Å². The second-order valence-corrected chi connectivity index (χ2v) is 5.58. The number of carbonyl (C=O) groups excluding carboxylic acids is 1. The number of likely N-dealkylation sites (tertiary alicyclic amines) is 1. The molecule has 1 amide bonds. The van der Waals surface area contributed by atoms with Crippen molar-refractivity contribution in [3.63, 3.8) is 0 Å². The number of amides is 1. The molecule has 0 spiro atoms. The van der Waals surface area contributed by atoms with Crippen LogP contribution in [0, 0.1) is 6.92 Å². The molecule has 1 atom stereocenters. The van der Waals surface area contributed by atoms with E-state index >= 15 is 0 Å². The number of ether oxygens (including phenoxy) is 1. The van der Waals surface area contributed by atoms with E-state index in [0.717, 1.165) is 31.4 Å².